The molecule has 114 valence electrons. The van der Waals surface area contributed by atoms with Crippen molar-refractivity contribution in [1.82, 2.24) is 0 Å². The van der Waals surface area contributed by atoms with Gasteiger partial charge in [0.1, 0.15) is 11.7 Å². The first-order valence-electron chi connectivity index (χ1n) is 7.42. The third kappa shape index (κ3) is 4.85. The van der Waals surface area contributed by atoms with Crippen LogP contribution in [0.3, 0.4) is 0 Å². The van der Waals surface area contributed by atoms with E-state index in [0.29, 0.717) is 19.4 Å². The lowest BCUT2D eigenvalue weighted by atomic mass is 9.96. The molecular weight excluding hydrogens is 276 g/mol. The third-order valence-electron chi connectivity index (χ3n) is 3.54. The molecule has 3 heteroatoms. The lowest BCUT2D eigenvalue weighted by Gasteiger charge is -2.13. The quantitative estimate of drug-likeness (QED) is 0.582. The van der Waals surface area contributed by atoms with Gasteiger partial charge >= 0.3 is 5.97 Å². The van der Waals surface area contributed by atoms with Crippen molar-refractivity contribution >= 4 is 11.8 Å². The minimum Gasteiger partial charge on any atom is -0.465 e. The van der Waals surface area contributed by atoms with Gasteiger partial charge in [-0.3, -0.25) is 9.59 Å². The van der Waals surface area contributed by atoms with Crippen LogP contribution in [0.15, 0.2) is 60.7 Å². The molecule has 1 atom stereocenters. The van der Waals surface area contributed by atoms with Crippen LogP contribution < -0.4 is 0 Å². The highest BCUT2D eigenvalue weighted by Gasteiger charge is 2.25. The predicted molar refractivity (Wildman–Crippen MR) is 85.4 cm³/mol. The summed E-state index contributed by atoms with van der Waals surface area (Å²) in [6.07, 6.45) is 1.04. The fourth-order valence-corrected chi connectivity index (χ4v) is 2.26. The first-order valence-corrected chi connectivity index (χ1v) is 7.42. The van der Waals surface area contributed by atoms with E-state index in [4.69, 9.17) is 4.74 Å². The molecule has 0 aliphatic rings. The molecule has 0 aliphatic carbocycles. The van der Waals surface area contributed by atoms with Crippen molar-refractivity contribution in [3.8, 4) is 0 Å². The average Bonchev–Trinajstić information content (AvgIpc) is 2.54. The minimum atomic E-state index is -0.724. The Labute approximate surface area is 130 Å². The Morgan fingerprint density at radius 3 is 2.00 bits per heavy atom. The largest absolute Gasteiger partial charge is 0.465 e. The summed E-state index contributed by atoms with van der Waals surface area (Å²) in [6, 6.07) is 19.3. The first kappa shape index (κ1) is 16.0. The van der Waals surface area contributed by atoms with Crippen LogP contribution >= 0.6 is 0 Å². The molecule has 2 aromatic carbocycles. The van der Waals surface area contributed by atoms with E-state index in [-0.39, 0.29) is 5.78 Å². The zero-order valence-corrected chi connectivity index (χ0v) is 12.7. The van der Waals surface area contributed by atoms with E-state index in [1.165, 1.54) is 6.92 Å². The molecule has 1 unspecified atom stereocenters. The molecule has 0 heterocycles. The molecule has 0 saturated heterocycles. The SMILES string of the molecule is CC(=O)C(Cc1ccccc1)C(=O)OCCc1ccccc1. The average molecular weight is 296 g/mol. The smallest absolute Gasteiger partial charge is 0.316 e. The van der Waals surface area contributed by atoms with Gasteiger partial charge in [0.25, 0.3) is 0 Å². The number of carbonyl (C=O) groups excluding carboxylic acids is 2. The lowest BCUT2D eigenvalue weighted by molar-refractivity contribution is -0.151. The number of Topliss-reactive ketones (excluding diaryl/α,β-unsaturated/α-hetero) is 1. The monoisotopic (exact) mass is 296 g/mol. The molecule has 0 aliphatic heterocycles. The lowest BCUT2D eigenvalue weighted by Crippen LogP contribution is -2.27. The molecule has 0 bridgehead atoms. The Hall–Kier alpha value is -2.42. The van der Waals surface area contributed by atoms with Crippen LogP contribution in [0.5, 0.6) is 0 Å². The number of carbonyl (C=O) groups is 2. The molecule has 0 spiro atoms. The molecule has 0 fully saturated rings. The second-order valence-electron chi connectivity index (χ2n) is 5.26. The molecule has 0 radical (unpaired) electrons. The highest BCUT2D eigenvalue weighted by molar-refractivity contribution is 5.98. The van der Waals surface area contributed by atoms with Gasteiger partial charge in [0.15, 0.2) is 0 Å². The topological polar surface area (TPSA) is 43.4 Å². The summed E-state index contributed by atoms with van der Waals surface area (Å²) in [7, 11) is 0. The number of ketones is 1. The summed E-state index contributed by atoms with van der Waals surface area (Å²) in [5.74, 6) is -1.32. The molecule has 0 aromatic heterocycles. The van der Waals surface area contributed by atoms with Gasteiger partial charge in [-0.05, 0) is 24.5 Å². The first-order chi connectivity index (χ1) is 10.7. The number of hydrogen-bond donors (Lipinski definition) is 0. The highest BCUT2D eigenvalue weighted by atomic mass is 16.5. The Kier molecular flexibility index (Phi) is 5.90. The van der Waals surface area contributed by atoms with Crippen LogP contribution in [0.25, 0.3) is 0 Å². The van der Waals surface area contributed by atoms with E-state index >= 15 is 0 Å². The Balaban J connectivity index is 1.88. The van der Waals surface area contributed by atoms with E-state index in [0.717, 1.165) is 11.1 Å². The third-order valence-corrected chi connectivity index (χ3v) is 3.54. The van der Waals surface area contributed by atoms with Gasteiger partial charge in [0.2, 0.25) is 0 Å². The molecular formula is C19H20O3. The molecule has 2 aromatic rings. The van der Waals surface area contributed by atoms with Crippen molar-refractivity contribution in [3.05, 3.63) is 71.8 Å². The van der Waals surface area contributed by atoms with Crippen LogP contribution in [0.2, 0.25) is 0 Å². The second-order valence-corrected chi connectivity index (χ2v) is 5.26. The summed E-state index contributed by atoms with van der Waals surface area (Å²) in [5, 5.41) is 0. The summed E-state index contributed by atoms with van der Waals surface area (Å²) in [6.45, 7) is 1.73. The van der Waals surface area contributed by atoms with Crippen molar-refractivity contribution in [2.75, 3.05) is 6.61 Å². The van der Waals surface area contributed by atoms with Gasteiger partial charge < -0.3 is 4.74 Å². The van der Waals surface area contributed by atoms with Crippen LogP contribution in [-0.2, 0) is 27.2 Å². The Morgan fingerprint density at radius 2 is 1.45 bits per heavy atom. The highest BCUT2D eigenvalue weighted by Crippen LogP contribution is 2.12. The van der Waals surface area contributed by atoms with Crippen molar-refractivity contribution in [2.24, 2.45) is 5.92 Å². The Morgan fingerprint density at radius 1 is 0.909 bits per heavy atom. The molecule has 22 heavy (non-hydrogen) atoms. The van der Waals surface area contributed by atoms with Crippen molar-refractivity contribution in [3.63, 3.8) is 0 Å². The number of rotatable bonds is 7. The van der Waals surface area contributed by atoms with Gasteiger partial charge in [-0.15, -0.1) is 0 Å². The molecule has 0 saturated carbocycles. The normalized spacial score (nSPS) is 11.7. The maximum atomic E-state index is 12.1. The molecule has 0 N–H and O–H groups in total. The molecule has 2 rings (SSSR count). The summed E-state index contributed by atoms with van der Waals surface area (Å²) < 4.78 is 5.28. The van der Waals surface area contributed by atoms with Crippen LogP contribution in [0.4, 0.5) is 0 Å². The van der Waals surface area contributed by atoms with E-state index in [1.807, 2.05) is 60.7 Å². The van der Waals surface area contributed by atoms with Crippen LogP contribution in [0.1, 0.15) is 18.1 Å². The number of ether oxygens (including phenoxy) is 1. The zero-order chi connectivity index (χ0) is 15.8. The molecule has 0 amide bonds. The van der Waals surface area contributed by atoms with E-state index in [1.54, 1.807) is 0 Å². The molecule has 3 nitrogen and oxygen atoms in total. The van der Waals surface area contributed by atoms with E-state index < -0.39 is 11.9 Å². The van der Waals surface area contributed by atoms with Crippen molar-refractivity contribution < 1.29 is 14.3 Å². The fraction of sp³-hybridized carbons (Fsp3) is 0.263. The summed E-state index contributed by atoms with van der Waals surface area (Å²) >= 11 is 0. The zero-order valence-electron chi connectivity index (χ0n) is 12.7. The summed E-state index contributed by atoms with van der Waals surface area (Å²) in [4.78, 5) is 23.9. The standard InChI is InChI=1S/C19H20O3/c1-15(20)18(14-17-10-6-3-7-11-17)19(21)22-13-12-16-8-4-2-5-9-16/h2-11,18H,12-14H2,1H3. The van der Waals surface area contributed by atoms with Crippen molar-refractivity contribution in [2.45, 2.75) is 19.8 Å². The van der Waals surface area contributed by atoms with Gasteiger partial charge in [-0.2, -0.15) is 0 Å². The number of esters is 1. The maximum absolute atomic E-state index is 12.1. The van der Waals surface area contributed by atoms with Gasteiger partial charge in [-0.1, -0.05) is 60.7 Å². The predicted octanol–water partition coefficient (Wildman–Crippen LogP) is 3.22. The van der Waals surface area contributed by atoms with Gasteiger partial charge in [0, 0.05) is 6.42 Å². The summed E-state index contributed by atoms with van der Waals surface area (Å²) in [5.41, 5.74) is 2.07. The maximum Gasteiger partial charge on any atom is 0.316 e. The van der Waals surface area contributed by atoms with Gasteiger partial charge in [-0.25, -0.2) is 0 Å². The van der Waals surface area contributed by atoms with Crippen LogP contribution in [0, 0.1) is 5.92 Å². The van der Waals surface area contributed by atoms with E-state index in [9.17, 15) is 9.59 Å². The van der Waals surface area contributed by atoms with Crippen LogP contribution in [-0.4, -0.2) is 18.4 Å². The van der Waals surface area contributed by atoms with E-state index in [2.05, 4.69) is 0 Å². The number of benzene rings is 2. The second kappa shape index (κ2) is 8.13. The Bertz CT molecular complexity index is 605. The minimum absolute atomic E-state index is 0.159. The van der Waals surface area contributed by atoms with Crippen molar-refractivity contribution in [1.29, 1.82) is 0 Å². The fourth-order valence-electron chi connectivity index (χ4n) is 2.26. The number of hydrogen-bond acceptors (Lipinski definition) is 3. The van der Waals surface area contributed by atoms with Gasteiger partial charge in [0.05, 0.1) is 6.61 Å².